The number of anilines is 2. The minimum Gasteiger partial charge on any atom is -0.465 e. The number of nitrogens with zero attached hydrogens (tertiary/aromatic N) is 2. The molecule has 0 unspecified atom stereocenters. The van der Waals surface area contributed by atoms with Crippen LogP contribution in [-0.2, 0) is 4.74 Å². The fraction of sp³-hybridized carbons (Fsp3) is 0.600. The molecule has 0 aliphatic heterocycles. The molecule has 0 aliphatic rings. The second kappa shape index (κ2) is 6.41. The molecule has 1 aromatic heterocycles. The first kappa shape index (κ1) is 13.7. The highest BCUT2D eigenvalue weighted by Crippen LogP contribution is 2.27. The summed E-state index contributed by atoms with van der Waals surface area (Å²) < 4.78 is 8.61. The Balaban J connectivity index is 2.62. The fourth-order valence-electron chi connectivity index (χ4n) is 1.24. The molecule has 0 aromatic carbocycles. The Morgan fingerprint density at radius 3 is 2.94 bits per heavy atom. The fourth-order valence-corrected chi connectivity index (χ4v) is 1.97. The van der Waals surface area contributed by atoms with Gasteiger partial charge in [-0.05, 0) is 25.1 Å². The Bertz CT molecular complexity index is 380. The Morgan fingerprint density at radius 1 is 1.65 bits per heavy atom. The van der Waals surface area contributed by atoms with E-state index in [1.807, 2.05) is 7.05 Å². The maximum absolute atomic E-state index is 11.5. The van der Waals surface area contributed by atoms with Crippen LogP contribution in [-0.4, -0.2) is 49.0 Å². The molecule has 7 heteroatoms. The predicted octanol–water partition coefficient (Wildman–Crippen LogP) is 0.876. The van der Waals surface area contributed by atoms with Gasteiger partial charge >= 0.3 is 5.97 Å². The van der Waals surface area contributed by atoms with E-state index in [0.29, 0.717) is 10.6 Å². The van der Waals surface area contributed by atoms with Crippen LogP contribution in [0.2, 0.25) is 0 Å². The van der Waals surface area contributed by atoms with Crippen molar-refractivity contribution in [3.63, 3.8) is 0 Å². The lowest BCUT2D eigenvalue weighted by Gasteiger charge is -2.14. The van der Waals surface area contributed by atoms with Crippen LogP contribution in [0.15, 0.2) is 0 Å². The van der Waals surface area contributed by atoms with Crippen LogP contribution < -0.4 is 11.1 Å². The summed E-state index contributed by atoms with van der Waals surface area (Å²) in [5.41, 5.74) is 5.95. The molecule has 0 amide bonds. The third kappa shape index (κ3) is 3.57. The van der Waals surface area contributed by atoms with Crippen molar-refractivity contribution in [3.05, 3.63) is 5.56 Å². The van der Waals surface area contributed by atoms with Crippen molar-refractivity contribution in [1.29, 1.82) is 0 Å². The number of hydrogen-bond donors (Lipinski definition) is 2. The standard InChI is InChI=1S/C10H18N4O2S/c1-4-14(2)6-5-12-9-7(10(15)16-3)8(11)13-17-9/h12H,4-6H2,1-3H3,(H2,11,13). The molecule has 1 rings (SSSR count). The summed E-state index contributed by atoms with van der Waals surface area (Å²) in [7, 11) is 3.36. The second-order valence-corrected chi connectivity index (χ2v) is 4.36. The predicted molar refractivity (Wildman–Crippen MR) is 69.5 cm³/mol. The van der Waals surface area contributed by atoms with Gasteiger partial charge in [0, 0.05) is 13.1 Å². The smallest absolute Gasteiger partial charge is 0.344 e. The zero-order chi connectivity index (χ0) is 12.8. The van der Waals surface area contributed by atoms with E-state index in [0.717, 1.165) is 19.6 Å². The molecular weight excluding hydrogens is 240 g/mol. The summed E-state index contributed by atoms with van der Waals surface area (Å²) in [6.45, 7) is 4.69. The average Bonchev–Trinajstić information content (AvgIpc) is 2.69. The van der Waals surface area contributed by atoms with E-state index in [2.05, 4.69) is 26.3 Å². The summed E-state index contributed by atoms with van der Waals surface area (Å²) in [6, 6.07) is 0. The first-order valence-corrected chi connectivity index (χ1v) is 6.13. The number of nitrogen functional groups attached to an aromatic ring is 1. The van der Waals surface area contributed by atoms with Gasteiger partial charge < -0.3 is 20.7 Å². The van der Waals surface area contributed by atoms with Crippen molar-refractivity contribution in [2.75, 3.05) is 44.8 Å². The number of nitrogens with two attached hydrogens (primary N) is 1. The molecule has 0 atom stereocenters. The van der Waals surface area contributed by atoms with E-state index in [1.165, 1.54) is 18.6 Å². The lowest BCUT2D eigenvalue weighted by molar-refractivity contribution is 0.0603. The number of methoxy groups -OCH3 is 1. The van der Waals surface area contributed by atoms with Gasteiger partial charge in [0.1, 0.15) is 10.6 Å². The van der Waals surface area contributed by atoms with Gasteiger partial charge in [-0.25, -0.2) is 4.79 Å². The molecule has 17 heavy (non-hydrogen) atoms. The molecule has 0 fully saturated rings. The van der Waals surface area contributed by atoms with Crippen molar-refractivity contribution in [1.82, 2.24) is 9.27 Å². The third-order valence-corrected chi connectivity index (χ3v) is 3.25. The van der Waals surface area contributed by atoms with Crippen LogP contribution in [0.25, 0.3) is 0 Å². The molecule has 1 heterocycles. The molecular formula is C10H18N4O2S. The first-order valence-electron chi connectivity index (χ1n) is 5.36. The van der Waals surface area contributed by atoms with E-state index in [9.17, 15) is 4.79 Å². The van der Waals surface area contributed by atoms with Crippen LogP contribution >= 0.6 is 11.5 Å². The molecule has 6 nitrogen and oxygen atoms in total. The van der Waals surface area contributed by atoms with Gasteiger partial charge in [-0.2, -0.15) is 4.37 Å². The highest BCUT2D eigenvalue weighted by atomic mass is 32.1. The highest BCUT2D eigenvalue weighted by molar-refractivity contribution is 7.11. The summed E-state index contributed by atoms with van der Waals surface area (Å²) >= 11 is 1.17. The van der Waals surface area contributed by atoms with E-state index < -0.39 is 5.97 Å². The number of ether oxygens (including phenoxy) is 1. The quantitative estimate of drug-likeness (QED) is 0.737. The number of hydrogen-bond acceptors (Lipinski definition) is 7. The Kier molecular flexibility index (Phi) is 5.17. The number of rotatable bonds is 6. The van der Waals surface area contributed by atoms with Gasteiger partial charge in [-0.15, -0.1) is 0 Å². The van der Waals surface area contributed by atoms with Crippen LogP contribution in [0, 0.1) is 0 Å². The summed E-state index contributed by atoms with van der Waals surface area (Å²) in [5.74, 6) is -0.240. The molecule has 3 N–H and O–H groups in total. The molecule has 0 saturated heterocycles. The van der Waals surface area contributed by atoms with E-state index in [1.54, 1.807) is 0 Å². The van der Waals surface area contributed by atoms with Crippen molar-refractivity contribution in [3.8, 4) is 0 Å². The molecule has 0 saturated carbocycles. The van der Waals surface area contributed by atoms with Crippen LogP contribution in [0.1, 0.15) is 17.3 Å². The topological polar surface area (TPSA) is 80.5 Å². The van der Waals surface area contributed by atoms with Crippen LogP contribution in [0.4, 0.5) is 10.8 Å². The van der Waals surface area contributed by atoms with Gasteiger partial charge in [0.15, 0.2) is 5.82 Å². The minimum atomic E-state index is -0.456. The lowest BCUT2D eigenvalue weighted by Crippen LogP contribution is -2.24. The number of likely N-dealkylation sites (N-methyl/N-ethyl adjacent to an activating group) is 1. The van der Waals surface area contributed by atoms with E-state index in [4.69, 9.17) is 5.73 Å². The zero-order valence-electron chi connectivity index (χ0n) is 10.3. The number of nitrogens with one attached hydrogen (secondary N) is 1. The maximum atomic E-state index is 11.5. The summed E-state index contributed by atoms with van der Waals surface area (Å²) in [4.78, 5) is 13.6. The molecule has 0 bridgehead atoms. The Labute approximate surface area is 105 Å². The van der Waals surface area contributed by atoms with Gasteiger partial charge in [-0.3, -0.25) is 0 Å². The van der Waals surface area contributed by atoms with Crippen LogP contribution in [0.3, 0.4) is 0 Å². The number of carbonyl (C=O) groups excluding carboxylic acids is 1. The number of aromatic nitrogens is 1. The number of esters is 1. The molecule has 96 valence electrons. The van der Waals surface area contributed by atoms with Gasteiger partial charge in [-0.1, -0.05) is 6.92 Å². The SMILES string of the molecule is CCN(C)CCNc1snc(N)c1C(=O)OC. The van der Waals surface area contributed by atoms with Gasteiger partial charge in [0.2, 0.25) is 0 Å². The largest absolute Gasteiger partial charge is 0.465 e. The maximum Gasteiger partial charge on any atom is 0.344 e. The van der Waals surface area contributed by atoms with Gasteiger partial charge in [0.25, 0.3) is 0 Å². The molecule has 0 radical (unpaired) electrons. The average molecular weight is 258 g/mol. The lowest BCUT2D eigenvalue weighted by atomic mass is 10.3. The van der Waals surface area contributed by atoms with Gasteiger partial charge in [0.05, 0.1) is 7.11 Å². The monoisotopic (exact) mass is 258 g/mol. The van der Waals surface area contributed by atoms with Crippen molar-refractivity contribution < 1.29 is 9.53 Å². The summed E-state index contributed by atoms with van der Waals surface area (Å²) in [6.07, 6.45) is 0. The molecule has 1 aromatic rings. The molecule has 0 spiro atoms. The Hall–Kier alpha value is -1.34. The van der Waals surface area contributed by atoms with Crippen molar-refractivity contribution >= 4 is 28.3 Å². The van der Waals surface area contributed by atoms with Crippen molar-refractivity contribution in [2.24, 2.45) is 0 Å². The minimum absolute atomic E-state index is 0.216. The van der Waals surface area contributed by atoms with E-state index >= 15 is 0 Å². The summed E-state index contributed by atoms with van der Waals surface area (Å²) in [5, 5.41) is 3.81. The Morgan fingerprint density at radius 2 is 2.35 bits per heavy atom. The third-order valence-electron chi connectivity index (χ3n) is 2.43. The number of carbonyl (C=O) groups is 1. The molecule has 0 aliphatic carbocycles. The van der Waals surface area contributed by atoms with Crippen LogP contribution in [0.5, 0.6) is 0 Å². The zero-order valence-corrected chi connectivity index (χ0v) is 11.1. The van der Waals surface area contributed by atoms with E-state index in [-0.39, 0.29) is 5.82 Å². The normalized spacial score (nSPS) is 10.6. The second-order valence-electron chi connectivity index (χ2n) is 3.59. The van der Waals surface area contributed by atoms with Crippen molar-refractivity contribution in [2.45, 2.75) is 6.92 Å². The first-order chi connectivity index (χ1) is 8.10. The highest BCUT2D eigenvalue weighted by Gasteiger charge is 2.19.